The molecule has 0 spiro atoms. The van der Waals surface area contributed by atoms with Crippen molar-refractivity contribution in [3.05, 3.63) is 29.3 Å². The van der Waals surface area contributed by atoms with E-state index in [1.165, 1.54) is 12.1 Å². The molecule has 0 heterocycles. The number of sulfone groups is 1. The van der Waals surface area contributed by atoms with Crippen LogP contribution in [-0.4, -0.2) is 13.7 Å². The lowest BCUT2D eigenvalue weighted by molar-refractivity contribution is 0.459. The molecule has 1 unspecified atom stereocenters. The standard InChI is InChI=1S/C15H18ClNO2S/c16-13-7-9-14(10-8-13)20(18,19)15(11-17)12-5-3-1-2-4-6-12/h7-10,12,15H,1-6H2. The molecule has 0 aliphatic heterocycles. The lowest BCUT2D eigenvalue weighted by Gasteiger charge is -2.20. The molecule has 2 rings (SSSR count). The molecule has 5 heteroatoms. The predicted molar refractivity (Wildman–Crippen MR) is 79.2 cm³/mol. The van der Waals surface area contributed by atoms with Crippen LogP contribution in [0.4, 0.5) is 0 Å². The molecule has 1 aromatic carbocycles. The van der Waals surface area contributed by atoms with Crippen molar-refractivity contribution in [1.82, 2.24) is 0 Å². The molecule has 1 aliphatic rings. The maximum atomic E-state index is 12.6. The minimum absolute atomic E-state index is 0.0526. The van der Waals surface area contributed by atoms with Crippen LogP contribution in [0.5, 0.6) is 0 Å². The fraction of sp³-hybridized carbons (Fsp3) is 0.533. The highest BCUT2D eigenvalue weighted by atomic mass is 35.5. The summed E-state index contributed by atoms with van der Waals surface area (Å²) in [6.07, 6.45) is 5.94. The summed E-state index contributed by atoms with van der Waals surface area (Å²) in [4.78, 5) is 0.192. The van der Waals surface area contributed by atoms with E-state index in [-0.39, 0.29) is 10.8 Å². The quantitative estimate of drug-likeness (QED) is 0.793. The molecule has 1 aromatic rings. The Kier molecular flexibility index (Phi) is 5.06. The van der Waals surface area contributed by atoms with Crippen LogP contribution < -0.4 is 0 Å². The molecule has 1 saturated carbocycles. The Morgan fingerprint density at radius 2 is 1.65 bits per heavy atom. The Labute approximate surface area is 125 Å². The zero-order valence-electron chi connectivity index (χ0n) is 11.3. The maximum absolute atomic E-state index is 12.6. The summed E-state index contributed by atoms with van der Waals surface area (Å²) in [6, 6.07) is 8.10. The summed E-state index contributed by atoms with van der Waals surface area (Å²) < 4.78 is 25.2. The molecule has 0 radical (unpaired) electrons. The van der Waals surface area contributed by atoms with Crippen molar-refractivity contribution in [2.45, 2.75) is 48.7 Å². The maximum Gasteiger partial charge on any atom is 0.194 e. The van der Waals surface area contributed by atoms with E-state index >= 15 is 0 Å². The zero-order valence-corrected chi connectivity index (χ0v) is 12.8. The van der Waals surface area contributed by atoms with E-state index in [4.69, 9.17) is 11.6 Å². The lowest BCUT2D eigenvalue weighted by atomic mass is 9.97. The monoisotopic (exact) mass is 311 g/mol. The van der Waals surface area contributed by atoms with Gasteiger partial charge in [-0.2, -0.15) is 5.26 Å². The molecule has 1 fully saturated rings. The van der Waals surface area contributed by atoms with Crippen LogP contribution in [0.25, 0.3) is 0 Å². The Morgan fingerprint density at radius 3 is 2.15 bits per heavy atom. The van der Waals surface area contributed by atoms with E-state index in [1.54, 1.807) is 12.1 Å². The summed E-state index contributed by atoms with van der Waals surface area (Å²) in [6.45, 7) is 0. The van der Waals surface area contributed by atoms with E-state index in [0.29, 0.717) is 5.02 Å². The van der Waals surface area contributed by atoms with Gasteiger partial charge in [0.1, 0.15) is 0 Å². The minimum atomic E-state index is -3.60. The van der Waals surface area contributed by atoms with Crippen LogP contribution in [-0.2, 0) is 9.84 Å². The highest BCUT2D eigenvalue weighted by Crippen LogP contribution is 2.31. The fourth-order valence-corrected chi connectivity index (χ4v) is 4.67. The smallest absolute Gasteiger partial charge is 0.194 e. The number of halogens is 1. The number of hydrogen-bond donors (Lipinski definition) is 0. The lowest BCUT2D eigenvalue weighted by Crippen LogP contribution is -2.28. The molecular weight excluding hydrogens is 294 g/mol. The topological polar surface area (TPSA) is 57.9 Å². The van der Waals surface area contributed by atoms with Gasteiger partial charge in [0.2, 0.25) is 0 Å². The third-order valence-corrected chi connectivity index (χ3v) is 6.27. The average Bonchev–Trinajstić information content (AvgIpc) is 2.69. The first kappa shape index (κ1) is 15.3. The predicted octanol–water partition coefficient (Wildman–Crippen LogP) is 3.98. The van der Waals surface area contributed by atoms with Gasteiger partial charge >= 0.3 is 0 Å². The van der Waals surface area contributed by atoms with Crippen LogP contribution in [0.2, 0.25) is 5.02 Å². The molecule has 20 heavy (non-hydrogen) atoms. The summed E-state index contributed by atoms with van der Waals surface area (Å²) in [7, 11) is -3.60. The van der Waals surface area contributed by atoms with Crippen LogP contribution in [0.15, 0.2) is 29.2 Å². The third kappa shape index (κ3) is 3.34. The summed E-state index contributed by atoms with van der Waals surface area (Å²) in [5, 5.41) is 8.92. The number of nitrogens with zero attached hydrogens (tertiary/aromatic N) is 1. The third-order valence-electron chi connectivity index (χ3n) is 3.93. The summed E-state index contributed by atoms with van der Waals surface area (Å²) in [5.74, 6) is -0.0526. The molecule has 1 atom stereocenters. The summed E-state index contributed by atoms with van der Waals surface area (Å²) >= 11 is 5.79. The number of hydrogen-bond acceptors (Lipinski definition) is 3. The van der Waals surface area contributed by atoms with E-state index in [0.717, 1.165) is 38.5 Å². The Balaban J connectivity index is 2.29. The zero-order chi connectivity index (χ0) is 14.6. The van der Waals surface area contributed by atoms with Crippen molar-refractivity contribution in [3.8, 4) is 6.07 Å². The molecule has 0 bridgehead atoms. The molecule has 1 aliphatic carbocycles. The van der Waals surface area contributed by atoms with Crippen molar-refractivity contribution in [1.29, 1.82) is 5.26 Å². The second-order valence-electron chi connectivity index (χ2n) is 5.30. The SMILES string of the molecule is N#CC(C1CCCCCC1)S(=O)(=O)c1ccc(Cl)cc1. The highest BCUT2D eigenvalue weighted by Gasteiger charge is 2.34. The van der Waals surface area contributed by atoms with E-state index in [2.05, 4.69) is 0 Å². The molecule has 0 saturated heterocycles. The van der Waals surface area contributed by atoms with E-state index in [1.807, 2.05) is 6.07 Å². The molecule has 3 nitrogen and oxygen atoms in total. The van der Waals surface area contributed by atoms with Crippen molar-refractivity contribution in [3.63, 3.8) is 0 Å². The minimum Gasteiger partial charge on any atom is -0.222 e. The van der Waals surface area contributed by atoms with E-state index < -0.39 is 15.1 Å². The van der Waals surface area contributed by atoms with Gasteiger partial charge in [0.15, 0.2) is 15.1 Å². The second kappa shape index (κ2) is 6.60. The van der Waals surface area contributed by atoms with E-state index in [9.17, 15) is 13.7 Å². The van der Waals surface area contributed by atoms with Crippen molar-refractivity contribution in [2.24, 2.45) is 5.92 Å². The van der Waals surface area contributed by atoms with Crippen molar-refractivity contribution < 1.29 is 8.42 Å². The molecule has 0 N–H and O–H groups in total. The Bertz CT molecular complexity index is 581. The van der Waals surface area contributed by atoms with Crippen LogP contribution in [0.1, 0.15) is 38.5 Å². The fourth-order valence-electron chi connectivity index (χ4n) is 2.81. The Morgan fingerprint density at radius 1 is 1.10 bits per heavy atom. The first-order chi connectivity index (χ1) is 9.55. The number of benzene rings is 1. The van der Waals surface area contributed by atoms with Gasteiger partial charge in [-0.15, -0.1) is 0 Å². The van der Waals surface area contributed by atoms with Crippen LogP contribution >= 0.6 is 11.6 Å². The highest BCUT2D eigenvalue weighted by molar-refractivity contribution is 7.92. The van der Waals surface area contributed by atoms with Crippen molar-refractivity contribution in [2.75, 3.05) is 0 Å². The van der Waals surface area contributed by atoms with Crippen molar-refractivity contribution >= 4 is 21.4 Å². The van der Waals surface area contributed by atoms with Gasteiger partial charge in [-0.3, -0.25) is 0 Å². The first-order valence-electron chi connectivity index (χ1n) is 6.95. The van der Waals surface area contributed by atoms with Gasteiger partial charge < -0.3 is 0 Å². The van der Waals surface area contributed by atoms with Gasteiger partial charge in [0.25, 0.3) is 0 Å². The van der Waals surface area contributed by atoms with Crippen LogP contribution in [0, 0.1) is 17.2 Å². The van der Waals surface area contributed by atoms with Gasteiger partial charge in [-0.05, 0) is 43.0 Å². The largest absolute Gasteiger partial charge is 0.222 e. The molecular formula is C15H18ClNO2S. The average molecular weight is 312 g/mol. The summed E-state index contributed by atoms with van der Waals surface area (Å²) in [5.41, 5.74) is 0. The van der Waals surface area contributed by atoms with Gasteiger partial charge in [0.05, 0.1) is 11.0 Å². The number of rotatable bonds is 3. The normalized spacial score (nSPS) is 19.0. The molecule has 108 valence electrons. The van der Waals surface area contributed by atoms with Crippen LogP contribution in [0.3, 0.4) is 0 Å². The molecule has 0 aromatic heterocycles. The van der Waals surface area contributed by atoms with Gasteiger partial charge in [0, 0.05) is 5.02 Å². The molecule has 0 amide bonds. The second-order valence-corrected chi connectivity index (χ2v) is 7.81. The van der Waals surface area contributed by atoms with Gasteiger partial charge in [-0.1, -0.05) is 37.3 Å². The number of nitriles is 1. The first-order valence-corrected chi connectivity index (χ1v) is 8.87. The Hall–Kier alpha value is -1.05. The van der Waals surface area contributed by atoms with Gasteiger partial charge in [-0.25, -0.2) is 8.42 Å².